The van der Waals surface area contributed by atoms with Gasteiger partial charge in [0.15, 0.2) is 12.4 Å². The maximum Gasteiger partial charge on any atom is 0.190 e. The molecule has 0 aromatic carbocycles. The van der Waals surface area contributed by atoms with Gasteiger partial charge in [-0.05, 0) is 25.9 Å². The molecule has 0 saturated carbocycles. The highest BCUT2D eigenvalue weighted by atomic mass is 14.9. The van der Waals surface area contributed by atoms with Crippen molar-refractivity contribution in [2.45, 2.75) is 19.3 Å². The van der Waals surface area contributed by atoms with Crippen LogP contribution in [0.15, 0.2) is 0 Å². The molecule has 4 heteroatoms. The summed E-state index contributed by atoms with van der Waals surface area (Å²) in [5, 5.41) is 20.0. The number of rotatable bonds is 0. The minimum absolute atomic E-state index is 1.25. The summed E-state index contributed by atoms with van der Waals surface area (Å²) in [6.07, 6.45) is 7.03. The second-order valence-corrected chi connectivity index (χ2v) is 2.16. The molecule has 0 aliphatic carbocycles. The Hall–Kier alpha value is -1.26. The van der Waals surface area contributed by atoms with Gasteiger partial charge >= 0.3 is 0 Å². The van der Waals surface area contributed by atoms with Crippen LogP contribution in [0.1, 0.15) is 19.3 Å². The van der Waals surface area contributed by atoms with Gasteiger partial charge in [0.05, 0.1) is 0 Å². The quantitative estimate of drug-likeness (QED) is 0.387. The van der Waals surface area contributed by atoms with Crippen molar-refractivity contribution in [1.29, 1.82) is 10.5 Å². The Labute approximate surface area is 66.8 Å². The van der Waals surface area contributed by atoms with Crippen LogP contribution in [-0.2, 0) is 0 Å². The molecule has 1 aliphatic heterocycles. The van der Waals surface area contributed by atoms with Crippen molar-refractivity contribution in [2.75, 3.05) is 13.1 Å². The zero-order valence-corrected chi connectivity index (χ0v) is 6.43. The van der Waals surface area contributed by atoms with E-state index in [2.05, 4.69) is 5.32 Å². The van der Waals surface area contributed by atoms with Crippen LogP contribution in [0, 0.1) is 22.9 Å². The van der Waals surface area contributed by atoms with Crippen LogP contribution in [-0.4, -0.2) is 13.1 Å². The average Bonchev–Trinajstić information content (AvgIpc) is 2.10. The summed E-state index contributed by atoms with van der Waals surface area (Å²) in [6, 6.07) is 0. The Morgan fingerprint density at radius 3 is 1.64 bits per heavy atom. The van der Waals surface area contributed by atoms with E-state index in [1.165, 1.54) is 44.7 Å². The normalized spacial score (nSPS) is 14.7. The summed E-state index contributed by atoms with van der Waals surface area (Å²) < 4.78 is 0. The highest BCUT2D eigenvalue weighted by Crippen LogP contribution is 1.96. The molecular formula is C7H12N4. The van der Waals surface area contributed by atoms with E-state index in [0.717, 1.165) is 0 Å². The van der Waals surface area contributed by atoms with Crippen molar-refractivity contribution in [3.05, 3.63) is 0 Å². The Bertz CT molecular complexity index is 125. The first-order valence-electron chi connectivity index (χ1n) is 3.65. The highest BCUT2D eigenvalue weighted by Gasteiger charge is 1.93. The predicted octanol–water partition coefficient (Wildman–Crippen LogP) is 0.298. The molecule has 0 aromatic rings. The van der Waals surface area contributed by atoms with Crippen LogP contribution in [0.2, 0.25) is 0 Å². The molecule has 11 heavy (non-hydrogen) atoms. The lowest BCUT2D eigenvalue weighted by Crippen LogP contribution is -2.21. The van der Waals surface area contributed by atoms with E-state index in [0.29, 0.717) is 0 Å². The lowest BCUT2D eigenvalue weighted by Gasteiger charge is -2.08. The monoisotopic (exact) mass is 152 g/mol. The Morgan fingerprint density at radius 1 is 1.00 bits per heavy atom. The van der Waals surface area contributed by atoms with E-state index in [1.54, 1.807) is 5.32 Å². The third-order valence-corrected chi connectivity index (χ3v) is 1.32. The molecule has 0 spiro atoms. The molecule has 2 N–H and O–H groups in total. The number of nitriles is 2. The van der Waals surface area contributed by atoms with Crippen molar-refractivity contribution in [2.24, 2.45) is 0 Å². The van der Waals surface area contributed by atoms with Crippen molar-refractivity contribution in [3.63, 3.8) is 0 Å². The fraction of sp³-hybridized carbons (Fsp3) is 0.714. The zero-order valence-electron chi connectivity index (χ0n) is 6.43. The second kappa shape index (κ2) is 8.74. The third kappa shape index (κ3) is 8.74. The van der Waals surface area contributed by atoms with Gasteiger partial charge in [-0.3, -0.25) is 0 Å². The summed E-state index contributed by atoms with van der Waals surface area (Å²) in [5.74, 6) is 0. The first kappa shape index (κ1) is 9.74. The molecular weight excluding hydrogens is 140 g/mol. The van der Waals surface area contributed by atoms with E-state index in [4.69, 9.17) is 10.5 Å². The molecule has 1 aliphatic rings. The molecule has 1 heterocycles. The molecule has 1 saturated heterocycles. The number of hydrogen-bond donors (Lipinski definition) is 2. The van der Waals surface area contributed by atoms with Gasteiger partial charge in [0.25, 0.3) is 0 Å². The van der Waals surface area contributed by atoms with Crippen LogP contribution in [0.5, 0.6) is 0 Å². The molecule has 0 aromatic heterocycles. The Balaban J connectivity index is 0.000000187. The van der Waals surface area contributed by atoms with Gasteiger partial charge in [0.2, 0.25) is 0 Å². The molecule has 0 unspecified atom stereocenters. The SMILES string of the molecule is C1CCNCC1.N#CNC#N. The predicted molar refractivity (Wildman–Crippen MR) is 41.1 cm³/mol. The molecule has 0 bridgehead atoms. The van der Waals surface area contributed by atoms with Crippen molar-refractivity contribution in [3.8, 4) is 12.4 Å². The standard InChI is InChI=1S/C5H11N.C2HN3/c1-2-4-6-5-3-1;3-1-5-2-4/h6H,1-5H2;5H. The van der Waals surface area contributed by atoms with Crippen molar-refractivity contribution in [1.82, 2.24) is 10.6 Å². The maximum absolute atomic E-state index is 7.48. The fourth-order valence-corrected chi connectivity index (χ4v) is 0.827. The van der Waals surface area contributed by atoms with E-state index < -0.39 is 0 Å². The first-order chi connectivity index (χ1) is 5.41. The third-order valence-electron chi connectivity index (χ3n) is 1.32. The van der Waals surface area contributed by atoms with E-state index in [1.807, 2.05) is 0 Å². The van der Waals surface area contributed by atoms with Gasteiger partial charge in [0.1, 0.15) is 0 Å². The van der Waals surface area contributed by atoms with E-state index in [9.17, 15) is 0 Å². The number of piperidine rings is 1. The first-order valence-corrected chi connectivity index (χ1v) is 3.65. The summed E-state index contributed by atoms with van der Waals surface area (Å²) in [4.78, 5) is 0. The fourth-order valence-electron chi connectivity index (χ4n) is 0.827. The number of nitrogens with one attached hydrogen (secondary N) is 2. The zero-order chi connectivity index (χ0) is 8.36. The average molecular weight is 152 g/mol. The van der Waals surface area contributed by atoms with Crippen LogP contribution in [0.25, 0.3) is 0 Å². The summed E-state index contributed by atoms with van der Waals surface area (Å²) in [6.45, 7) is 2.50. The van der Waals surface area contributed by atoms with E-state index in [-0.39, 0.29) is 0 Å². The van der Waals surface area contributed by atoms with Gasteiger partial charge in [-0.25, -0.2) is 5.32 Å². The van der Waals surface area contributed by atoms with E-state index >= 15 is 0 Å². The minimum atomic E-state index is 1.25. The van der Waals surface area contributed by atoms with Crippen LogP contribution in [0.3, 0.4) is 0 Å². The molecule has 0 atom stereocenters. The van der Waals surface area contributed by atoms with Gasteiger partial charge in [-0.2, -0.15) is 10.5 Å². The molecule has 60 valence electrons. The van der Waals surface area contributed by atoms with Crippen LogP contribution in [0.4, 0.5) is 0 Å². The maximum atomic E-state index is 7.48. The Morgan fingerprint density at radius 2 is 1.55 bits per heavy atom. The molecule has 1 rings (SSSR count). The van der Waals surface area contributed by atoms with Crippen LogP contribution >= 0.6 is 0 Å². The molecule has 1 fully saturated rings. The largest absolute Gasteiger partial charge is 0.317 e. The smallest absolute Gasteiger partial charge is 0.190 e. The second-order valence-electron chi connectivity index (χ2n) is 2.16. The van der Waals surface area contributed by atoms with Crippen molar-refractivity contribution < 1.29 is 0 Å². The molecule has 0 radical (unpaired) electrons. The highest BCUT2D eigenvalue weighted by molar-refractivity contribution is 4.77. The lowest BCUT2D eigenvalue weighted by molar-refractivity contribution is 0.520. The van der Waals surface area contributed by atoms with Gasteiger partial charge in [-0.15, -0.1) is 0 Å². The summed E-state index contributed by atoms with van der Waals surface area (Å²) >= 11 is 0. The number of hydrogen-bond acceptors (Lipinski definition) is 4. The Kier molecular flexibility index (Phi) is 7.74. The summed E-state index contributed by atoms with van der Waals surface area (Å²) in [7, 11) is 0. The van der Waals surface area contributed by atoms with Gasteiger partial charge in [0, 0.05) is 0 Å². The van der Waals surface area contributed by atoms with Crippen LogP contribution < -0.4 is 10.6 Å². The molecule has 0 amide bonds. The summed E-state index contributed by atoms with van der Waals surface area (Å²) in [5.41, 5.74) is 0. The van der Waals surface area contributed by atoms with Gasteiger partial charge < -0.3 is 5.32 Å². The lowest BCUT2D eigenvalue weighted by atomic mass is 10.2. The number of nitrogens with zero attached hydrogens (tertiary/aromatic N) is 2. The topological polar surface area (TPSA) is 71.6 Å². The van der Waals surface area contributed by atoms with Crippen molar-refractivity contribution >= 4 is 0 Å². The minimum Gasteiger partial charge on any atom is -0.317 e. The van der Waals surface area contributed by atoms with Gasteiger partial charge in [-0.1, -0.05) is 6.42 Å². The molecule has 4 nitrogen and oxygen atoms in total.